The Labute approximate surface area is 138 Å². The average Bonchev–Trinajstić information content (AvgIpc) is 3.01. The van der Waals surface area contributed by atoms with Crippen LogP contribution in [0.5, 0.6) is 11.5 Å². The molecule has 3 aromatic rings. The van der Waals surface area contributed by atoms with E-state index in [-0.39, 0.29) is 6.61 Å². The van der Waals surface area contributed by atoms with Crippen LogP contribution in [-0.4, -0.2) is 28.2 Å². The molecule has 1 aromatic heterocycles. The number of rotatable bonds is 6. The van der Waals surface area contributed by atoms with Crippen molar-refractivity contribution in [2.75, 3.05) is 7.11 Å². The molecule has 0 radical (unpaired) electrons. The van der Waals surface area contributed by atoms with Crippen molar-refractivity contribution in [2.24, 2.45) is 0 Å². The quantitative estimate of drug-likeness (QED) is 0.680. The Morgan fingerprint density at radius 1 is 1.25 bits per heavy atom. The van der Waals surface area contributed by atoms with Gasteiger partial charge in [-0.1, -0.05) is 18.2 Å². The van der Waals surface area contributed by atoms with Crippen LogP contribution >= 0.6 is 0 Å². The zero-order valence-corrected chi connectivity index (χ0v) is 13.0. The standard InChI is InChI=1S/C18H16N2O4/c1-23-15-8-6-12(7-9-18(21)22)10-16(15)24-11-17-19-13-4-2-3-5-14(13)20-17/h2-10H,11H2,1H3,(H,19,20)(H,21,22)/b9-7+. The molecule has 3 rings (SSSR count). The third-order valence-electron chi connectivity index (χ3n) is 3.41. The lowest BCUT2D eigenvalue weighted by Crippen LogP contribution is -1.99. The molecule has 0 saturated heterocycles. The highest BCUT2D eigenvalue weighted by Gasteiger charge is 2.08. The van der Waals surface area contributed by atoms with E-state index in [1.54, 1.807) is 25.3 Å². The zero-order valence-electron chi connectivity index (χ0n) is 13.0. The summed E-state index contributed by atoms with van der Waals surface area (Å²) in [5, 5.41) is 8.71. The van der Waals surface area contributed by atoms with Crippen molar-refractivity contribution < 1.29 is 19.4 Å². The highest BCUT2D eigenvalue weighted by Crippen LogP contribution is 2.29. The van der Waals surface area contributed by atoms with Gasteiger partial charge in [-0.25, -0.2) is 9.78 Å². The molecule has 122 valence electrons. The molecule has 2 N–H and O–H groups in total. The Morgan fingerprint density at radius 2 is 2.08 bits per heavy atom. The topological polar surface area (TPSA) is 84.4 Å². The van der Waals surface area contributed by atoms with Crippen molar-refractivity contribution >= 4 is 23.1 Å². The van der Waals surface area contributed by atoms with E-state index in [4.69, 9.17) is 14.6 Å². The van der Waals surface area contributed by atoms with E-state index in [0.29, 0.717) is 22.9 Å². The molecule has 0 aliphatic rings. The van der Waals surface area contributed by atoms with Crippen molar-refractivity contribution in [3.8, 4) is 11.5 Å². The average molecular weight is 324 g/mol. The number of imidazole rings is 1. The van der Waals surface area contributed by atoms with Gasteiger partial charge < -0.3 is 19.6 Å². The van der Waals surface area contributed by atoms with Gasteiger partial charge in [0.2, 0.25) is 0 Å². The number of ether oxygens (including phenoxy) is 2. The number of aromatic nitrogens is 2. The molecule has 0 bridgehead atoms. The number of benzene rings is 2. The number of hydrogen-bond donors (Lipinski definition) is 2. The van der Waals surface area contributed by atoms with E-state index in [1.165, 1.54) is 6.08 Å². The number of methoxy groups -OCH3 is 1. The van der Waals surface area contributed by atoms with Gasteiger partial charge in [0.25, 0.3) is 0 Å². The maximum Gasteiger partial charge on any atom is 0.328 e. The second-order valence-electron chi connectivity index (χ2n) is 5.07. The third-order valence-corrected chi connectivity index (χ3v) is 3.41. The van der Waals surface area contributed by atoms with Crippen LogP contribution in [0.3, 0.4) is 0 Å². The molecule has 0 saturated carbocycles. The monoisotopic (exact) mass is 324 g/mol. The smallest absolute Gasteiger partial charge is 0.328 e. The Morgan fingerprint density at radius 3 is 2.83 bits per heavy atom. The van der Waals surface area contributed by atoms with Crippen LogP contribution in [0, 0.1) is 0 Å². The van der Waals surface area contributed by atoms with Gasteiger partial charge in [-0.15, -0.1) is 0 Å². The molecule has 0 aliphatic heterocycles. The minimum absolute atomic E-state index is 0.247. The maximum atomic E-state index is 10.6. The number of nitrogens with one attached hydrogen (secondary N) is 1. The second-order valence-corrected chi connectivity index (χ2v) is 5.07. The molecule has 6 heteroatoms. The van der Waals surface area contributed by atoms with E-state index in [1.807, 2.05) is 24.3 Å². The lowest BCUT2D eigenvalue weighted by molar-refractivity contribution is -0.131. The summed E-state index contributed by atoms with van der Waals surface area (Å²) in [5.41, 5.74) is 2.53. The normalized spacial score (nSPS) is 11.0. The van der Waals surface area contributed by atoms with Crippen molar-refractivity contribution in [1.82, 2.24) is 9.97 Å². The maximum absolute atomic E-state index is 10.6. The summed E-state index contributed by atoms with van der Waals surface area (Å²) < 4.78 is 11.1. The number of para-hydroxylation sites is 2. The predicted molar refractivity (Wildman–Crippen MR) is 90.1 cm³/mol. The summed E-state index contributed by atoms with van der Waals surface area (Å²) in [6, 6.07) is 12.9. The first kappa shape index (κ1) is 15.6. The van der Waals surface area contributed by atoms with Crippen LogP contribution in [0.15, 0.2) is 48.5 Å². The number of hydrogen-bond acceptors (Lipinski definition) is 4. The van der Waals surface area contributed by atoms with Gasteiger partial charge in [0, 0.05) is 6.08 Å². The SMILES string of the molecule is COc1ccc(/C=C/C(=O)O)cc1OCc1nc2ccccc2[nH]1. The first-order valence-corrected chi connectivity index (χ1v) is 7.31. The number of aromatic amines is 1. The lowest BCUT2D eigenvalue weighted by Gasteiger charge is -2.10. The first-order chi connectivity index (χ1) is 11.7. The van der Waals surface area contributed by atoms with Crippen molar-refractivity contribution in [1.29, 1.82) is 0 Å². The molecule has 0 aliphatic carbocycles. The minimum atomic E-state index is -1.00. The fourth-order valence-electron chi connectivity index (χ4n) is 2.30. The molecule has 1 heterocycles. The van der Waals surface area contributed by atoms with E-state index < -0.39 is 5.97 Å². The number of carboxylic acid groups (broad SMARTS) is 1. The van der Waals surface area contributed by atoms with E-state index in [9.17, 15) is 4.79 Å². The molecular formula is C18H16N2O4. The Kier molecular flexibility index (Phi) is 4.47. The molecule has 2 aromatic carbocycles. The predicted octanol–water partition coefficient (Wildman–Crippen LogP) is 3.25. The van der Waals surface area contributed by atoms with E-state index in [2.05, 4.69) is 9.97 Å². The number of H-pyrrole nitrogens is 1. The van der Waals surface area contributed by atoms with Crippen LogP contribution in [0.2, 0.25) is 0 Å². The second kappa shape index (κ2) is 6.87. The fourth-order valence-corrected chi connectivity index (χ4v) is 2.30. The lowest BCUT2D eigenvalue weighted by atomic mass is 10.2. The van der Waals surface area contributed by atoms with Gasteiger partial charge in [0.05, 0.1) is 18.1 Å². The number of carbonyl (C=O) groups is 1. The Bertz CT molecular complexity index is 866. The molecule has 6 nitrogen and oxygen atoms in total. The molecule has 24 heavy (non-hydrogen) atoms. The molecule has 0 amide bonds. The Hall–Kier alpha value is -3.28. The van der Waals surface area contributed by atoms with Crippen LogP contribution in [0.4, 0.5) is 0 Å². The van der Waals surface area contributed by atoms with Gasteiger partial charge in [0.15, 0.2) is 11.5 Å². The fraction of sp³-hybridized carbons (Fsp3) is 0.111. The number of nitrogens with zero attached hydrogens (tertiary/aromatic N) is 1. The molecule has 0 fully saturated rings. The molecule has 0 spiro atoms. The zero-order chi connectivity index (χ0) is 16.9. The van der Waals surface area contributed by atoms with Crippen molar-refractivity contribution in [3.05, 3.63) is 59.9 Å². The Balaban J connectivity index is 1.79. The highest BCUT2D eigenvalue weighted by atomic mass is 16.5. The molecule has 0 unspecified atom stereocenters. The largest absolute Gasteiger partial charge is 0.493 e. The summed E-state index contributed by atoms with van der Waals surface area (Å²) >= 11 is 0. The van der Waals surface area contributed by atoms with E-state index in [0.717, 1.165) is 17.1 Å². The van der Waals surface area contributed by atoms with Gasteiger partial charge in [-0.2, -0.15) is 0 Å². The van der Waals surface area contributed by atoms with Gasteiger partial charge in [0.1, 0.15) is 12.4 Å². The number of carboxylic acids is 1. The van der Waals surface area contributed by atoms with Crippen LogP contribution in [-0.2, 0) is 11.4 Å². The summed E-state index contributed by atoms with van der Waals surface area (Å²) in [4.78, 5) is 18.3. The van der Waals surface area contributed by atoms with Gasteiger partial charge in [-0.05, 0) is 35.9 Å². The summed E-state index contributed by atoms with van der Waals surface area (Å²) in [6.45, 7) is 0.247. The van der Waals surface area contributed by atoms with Crippen molar-refractivity contribution in [2.45, 2.75) is 6.61 Å². The summed E-state index contributed by atoms with van der Waals surface area (Å²) in [6.07, 6.45) is 2.57. The van der Waals surface area contributed by atoms with Crippen molar-refractivity contribution in [3.63, 3.8) is 0 Å². The van der Waals surface area contributed by atoms with Gasteiger partial charge in [-0.3, -0.25) is 0 Å². The molecule has 0 atom stereocenters. The van der Waals surface area contributed by atoms with Crippen LogP contribution in [0.1, 0.15) is 11.4 Å². The van der Waals surface area contributed by atoms with Crippen LogP contribution < -0.4 is 9.47 Å². The number of aliphatic carboxylic acids is 1. The highest BCUT2D eigenvalue weighted by molar-refractivity contribution is 5.85. The van der Waals surface area contributed by atoms with Gasteiger partial charge >= 0.3 is 5.97 Å². The third kappa shape index (κ3) is 3.55. The molecular weight excluding hydrogens is 308 g/mol. The van der Waals surface area contributed by atoms with Crippen LogP contribution in [0.25, 0.3) is 17.1 Å². The van der Waals surface area contributed by atoms with E-state index >= 15 is 0 Å². The summed E-state index contributed by atoms with van der Waals surface area (Å²) in [7, 11) is 1.55. The minimum Gasteiger partial charge on any atom is -0.493 e. The summed E-state index contributed by atoms with van der Waals surface area (Å²) in [5.74, 6) is 0.782. The first-order valence-electron chi connectivity index (χ1n) is 7.31. The number of fused-ring (bicyclic) bond motifs is 1.